The van der Waals surface area contributed by atoms with Crippen LogP contribution >= 0.6 is 11.6 Å². The number of halogens is 2. The van der Waals surface area contributed by atoms with Crippen LogP contribution in [0.5, 0.6) is 5.88 Å². The molecule has 0 unspecified atom stereocenters. The van der Waals surface area contributed by atoms with Crippen LogP contribution in [0.2, 0.25) is 5.02 Å². The van der Waals surface area contributed by atoms with E-state index in [-0.39, 0.29) is 17.1 Å². The number of anilines is 1. The molecule has 1 aromatic heterocycles. The van der Waals surface area contributed by atoms with Crippen LogP contribution < -0.4 is 10.1 Å². The van der Waals surface area contributed by atoms with E-state index >= 15 is 0 Å². The first-order chi connectivity index (χ1) is 15.0. The van der Waals surface area contributed by atoms with Gasteiger partial charge in [-0.1, -0.05) is 29.8 Å². The SMILES string of the molecule is CCOCCN(C(=O)Nc1ccc(F)c(Cl)c1)[C@@H](C)c1cnc(OC)c2ccccc12. The van der Waals surface area contributed by atoms with Gasteiger partial charge in [0.15, 0.2) is 0 Å². The van der Waals surface area contributed by atoms with Gasteiger partial charge in [0.25, 0.3) is 0 Å². The van der Waals surface area contributed by atoms with Crippen LogP contribution in [0, 0.1) is 5.82 Å². The molecule has 0 bridgehead atoms. The average molecular weight is 446 g/mol. The number of nitrogens with one attached hydrogen (secondary N) is 1. The first kappa shape index (κ1) is 22.8. The highest BCUT2D eigenvalue weighted by molar-refractivity contribution is 6.31. The predicted octanol–water partition coefficient (Wildman–Crippen LogP) is 5.67. The van der Waals surface area contributed by atoms with E-state index in [1.54, 1.807) is 18.2 Å². The van der Waals surface area contributed by atoms with Crippen LogP contribution in [0.4, 0.5) is 14.9 Å². The minimum Gasteiger partial charge on any atom is -0.481 e. The molecule has 0 spiro atoms. The Morgan fingerprint density at radius 2 is 2.00 bits per heavy atom. The monoisotopic (exact) mass is 445 g/mol. The number of methoxy groups -OCH3 is 1. The van der Waals surface area contributed by atoms with Crippen LogP contribution in [0.25, 0.3) is 10.8 Å². The van der Waals surface area contributed by atoms with Gasteiger partial charge >= 0.3 is 6.03 Å². The van der Waals surface area contributed by atoms with E-state index in [2.05, 4.69) is 10.3 Å². The summed E-state index contributed by atoms with van der Waals surface area (Å²) in [6.45, 7) is 5.11. The topological polar surface area (TPSA) is 63.7 Å². The lowest BCUT2D eigenvalue weighted by molar-refractivity contribution is 0.111. The molecule has 3 rings (SSSR count). The minimum absolute atomic E-state index is 0.0583. The van der Waals surface area contributed by atoms with E-state index in [0.717, 1.165) is 16.3 Å². The zero-order valence-electron chi connectivity index (χ0n) is 17.7. The molecule has 1 N–H and O–H groups in total. The molecule has 0 saturated heterocycles. The molecule has 3 aromatic rings. The van der Waals surface area contributed by atoms with Crippen molar-refractivity contribution in [2.75, 3.05) is 32.2 Å². The Kier molecular flexibility index (Phi) is 7.65. The fraction of sp³-hybridized carbons (Fsp3) is 0.304. The summed E-state index contributed by atoms with van der Waals surface area (Å²) in [5.74, 6) is -0.0187. The zero-order chi connectivity index (χ0) is 22.4. The Hall–Kier alpha value is -2.90. The van der Waals surface area contributed by atoms with Crippen molar-refractivity contribution in [3.63, 3.8) is 0 Å². The lowest BCUT2D eigenvalue weighted by Gasteiger charge is -2.30. The van der Waals surface area contributed by atoms with Crippen molar-refractivity contribution in [1.82, 2.24) is 9.88 Å². The van der Waals surface area contributed by atoms with Crippen LogP contribution in [0.1, 0.15) is 25.5 Å². The molecule has 1 atom stereocenters. The molecule has 6 nitrogen and oxygen atoms in total. The third-order valence-electron chi connectivity index (χ3n) is 5.01. The highest BCUT2D eigenvalue weighted by Crippen LogP contribution is 2.32. The fourth-order valence-corrected chi connectivity index (χ4v) is 3.58. The van der Waals surface area contributed by atoms with Gasteiger partial charge in [0, 0.05) is 36.0 Å². The van der Waals surface area contributed by atoms with E-state index in [1.165, 1.54) is 18.2 Å². The number of aromatic nitrogens is 1. The molecule has 1 heterocycles. The number of benzene rings is 2. The summed E-state index contributed by atoms with van der Waals surface area (Å²) >= 11 is 5.85. The summed E-state index contributed by atoms with van der Waals surface area (Å²) < 4.78 is 24.3. The number of urea groups is 1. The number of nitrogens with zero attached hydrogens (tertiary/aromatic N) is 2. The smallest absolute Gasteiger partial charge is 0.322 e. The molecule has 0 fully saturated rings. The number of hydrogen-bond donors (Lipinski definition) is 1. The van der Waals surface area contributed by atoms with Gasteiger partial charge in [-0.2, -0.15) is 0 Å². The number of rotatable bonds is 8. The van der Waals surface area contributed by atoms with E-state index in [1.807, 2.05) is 38.1 Å². The van der Waals surface area contributed by atoms with Gasteiger partial charge in [-0.05, 0) is 43.5 Å². The first-order valence-electron chi connectivity index (χ1n) is 9.98. The summed E-state index contributed by atoms with van der Waals surface area (Å²) in [5.41, 5.74) is 1.28. The van der Waals surface area contributed by atoms with Gasteiger partial charge in [0.1, 0.15) is 5.82 Å². The number of carbonyl (C=O) groups excluding carboxylic acids is 1. The lowest BCUT2D eigenvalue weighted by Crippen LogP contribution is -2.39. The van der Waals surface area contributed by atoms with Crippen molar-refractivity contribution in [2.24, 2.45) is 0 Å². The number of amides is 2. The quantitative estimate of drug-likeness (QED) is 0.454. The van der Waals surface area contributed by atoms with Crippen molar-refractivity contribution < 1.29 is 18.7 Å². The predicted molar refractivity (Wildman–Crippen MR) is 120 cm³/mol. The molecule has 8 heteroatoms. The zero-order valence-corrected chi connectivity index (χ0v) is 18.4. The molecular formula is C23H25ClFN3O3. The number of hydrogen-bond acceptors (Lipinski definition) is 4. The summed E-state index contributed by atoms with van der Waals surface area (Å²) in [6.07, 6.45) is 1.72. The lowest BCUT2D eigenvalue weighted by atomic mass is 10.0. The second-order valence-corrected chi connectivity index (χ2v) is 7.30. The molecule has 2 amide bonds. The normalized spacial score (nSPS) is 11.9. The molecule has 0 aliphatic rings. The molecular weight excluding hydrogens is 421 g/mol. The largest absolute Gasteiger partial charge is 0.481 e. The summed E-state index contributed by atoms with van der Waals surface area (Å²) in [6, 6.07) is 11.1. The molecule has 0 saturated carbocycles. The number of fused-ring (bicyclic) bond motifs is 1. The van der Waals surface area contributed by atoms with Crippen molar-refractivity contribution in [2.45, 2.75) is 19.9 Å². The summed E-state index contributed by atoms with van der Waals surface area (Å²) in [7, 11) is 1.58. The Balaban J connectivity index is 1.93. The van der Waals surface area contributed by atoms with E-state index in [0.29, 0.717) is 31.3 Å². The van der Waals surface area contributed by atoms with Gasteiger partial charge in [-0.15, -0.1) is 0 Å². The highest BCUT2D eigenvalue weighted by atomic mass is 35.5. The van der Waals surface area contributed by atoms with E-state index in [9.17, 15) is 9.18 Å². The van der Waals surface area contributed by atoms with Crippen molar-refractivity contribution in [3.8, 4) is 5.88 Å². The summed E-state index contributed by atoms with van der Waals surface area (Å²) in [4.78, 5) is 19.2. The maximum Gasteiger partial charge on any atom is 0.322 e. The third kappa shape index (κ3) is 5.24. The average Bonchev–Trinajstić information content (AvgIpc) is 2.78. The van der Waals surface area contributed by atoms with Crippen molar-refractivity contribution in [3.05, 3.63) is 65.1 Å². The Bertz CT molecular complexity index is 1060. The highest BCUT2D eigenvalue weighted by Gasteiger charge is 2.24. The van der Waals surface area contributed by atoms with E-state index < -0.39 is 5.82 Å². The fourth-order valence-electron chi connectivity index (χ4n) is 3.40. The first-order valence-corrected chi connectivity index (χ1v) is 10.4. The Morgan fingerprint density at radius 3 is 2.68 bits per heavy atom. The second-order valence-electron chi connectivity index (χ2n) is 6.89. The van der Waals surface area contributed by atoms with Crippen LogP contribution in [0.15, 0.2) is 48.7 Å². The van der Waals surface area contributed by atoms with Crippen molar-refractivity contribution >= 4 is 34.1 Å². The standard InChI is InChI=1S/C23H25ClFN3O3/c1-4-31-12-11-28(23(29)27-16-9-10-21(25)20(24)13-16)15(2)19-14-26-22(30-3)18-8-6-5-7-17(18)19/h5-10,13-15H,4,11-12H2,1-3H3,(H,27,29)/t15-/m0/s1. The molecule has 0 aliphatic carbocycles. The Labute approximate surface area is 185 Å². The van der Waals surface area contributed by atoms with Crippen LogP contribution in [0.3, 0.4) is 0 Å². The van der Waals surface area contributed by atoms with Gasteiger partial charge < -0.3 is 19.7 Å². The number of ether oxygens (including phenoxy) is 2. The molecule has 164 valence electrons. The molecule has 0 aliphatic heterocycles. The van der Waals surface area contributed by atoms with Gasteiger partial charge in [-0.25, -0.2) is 14.2 Å². The van der Waals surface area contributed by atoms with Crippen LogP contribution in [-0.2, 0) is 4.74 Å². The minimum atomic E-state index is -0.544. The second kappa shape index (κ2) is 10.4. The van der Waals surface area contributed by atoms with Crippen molar-refractivity contribution in [1.29, 1.82) is 0 Å². The summed E-state index contributed by atoms with van der Waals surface area (Å²) in [5, 5.41) is 4.55. The third-order valence-corrected chi connectivity index (χ3v) is 5.30. The Morgan fingerprint density at radius 1 is 1.26 bits per heavy atom. The molecule has 31 heavy (non-hydrogen) atoms. The number of carbonyl (C=O) groups is 1. The van der Waals surface area contributed by atoms with Gasteiger partial charge in [0.2, 0.25) is 5.88 Å². The molecule has 2 aromatic carbocycles. The van der Waals surface area contributed by atoms with E-state index in [4.69, 9.17) is 21.1 Å². The van der Waals surface area contributed by atoms with Gasteiger partial charge in [0.05, 0.1) is 24.8 Å². The maximum atomic E-state index is 13.5. The van der Waals surface area contributed by atoms with Crippen LogP contribution in [-0.4, -0.2) is 42.8 Å². The van der Waals surface area contributed by atoms with Gasteiger partial charge in [-0.3, -0.25) is 0 Å². The molecule has 0 radical (unpaired) electrons. The number of pyridine rings is 1. The maximum absolute atomic E-state index is 13.5.